The monoisotopic (exact) mass is 383 g/mol. The molecule has 1 heterocycles. The number of ether oxygens (including phenoxy) is 1. The summed E-state index contributed by atoms with van der Waals surface area (Å²) >= 11 is 1.19. The second kappa shape index (κ2) is 7.48. The average Bonchev–Trinajstić information content (AvgIpc) is 3.14. The Balaban J connectivity index is 1.93. The summed E-state index contributed by atoms with van der Waals surface area (Å²) in [6.45, 7) is 1.90. The minimum atomic E-state index is -1.39. The lowest BCUT2D eigenvalue weighted by Crippen LogP contribution is -2.51. The van der Waals surface area contributed by atoms with Crippen molar-refractivity contribution in [1.29, 1.82) is 0 Å². The van der Waals surface area contributed by atoms with Gasteiger partial charge in [-0.3, -0.25) is 4.79 Å². The van der Waals surface area contributed by atoms with Gasteiger partial charge in [0.2, 0.25) is 0 Å². The van der Waals surface area contributed by atoms with Crippen LogP contribution in [0.2, 0.25) is 0 Å². The molecule has 5 nitrogen and oxygen atoms in total. The molecule has 2 aromatic rings. The summed E-state index contributed by atoms with van der Waals surface area (Å²) in [5, 5.41) is 9.99. The summed E-state index contributed by atoms with van der Waals surface area (Å²) < 4.78 is 5.33. The molecule has 1 N–H and O–H groups in total. The Kier molecular flexibility index (Phi) is 5.28. The molecule has 2 aromatic carbocycles. The maximum absolute atomic E-state index is 13.1. The Labute approximate surface area is 162 Å². The molecule has 1 unspecified atom stereocenters. The van der Waals surface area contributed by atoms with E-state index < -0.39 is 10.8 Å². The molecule has 1 amide bonds. The van der Waals surface area contributed by atoms with Gasteiger partial charge in [0.05, 0.1) is 12.7 Å². The van der Waals surface area contributed by atoms with Gasteiger partial charge < -0.3 is 14.7 Å². The number of carbonyl (C=O) groups excluding carboxylic acids is 1. The van der Waals surface area contributed by atoms with E-state index in [0.717, 1.165) is 16.0 Å². The standard InChI is InChI=1S/C21H21NO4S/c1-14-9-10-16(17(13-14)26-3)19(23)22(2)21(20(24)25)12-11-18(27-21)15-7-5-4-6-8-15/h4-11,13H,12H2,1-3H3,(H,24,25). The van der Waals surface area contributed by atoms with Crippen LogP contribution in [0.5, 0.6) is 5.75 Å². The lowest BCUT2D eigenvalue weighted by Gasteiger charge is -2.34. The number of aliphatic carboxylic acids is 1. The average molecular weight is 383 g/mol. The number of carboxylic acid groups (broad SMARTS) is 1. The molecule has 27 heavy (non-hydrogen) atoms. The summed E-state index contributed by atoms with van der Waals surface area (Å²) in [7, 11) is 3.03. The molecule has 0 fully saturated rings. The zero-order chi connectivity index (χ0) is 19.6. The van der Waals surface area contributed by atoms with Crippen molar-refractivity contribution in [3.8, 4) is 5.75 Å². The van der Waals surface area contributed by atoms with E-state index in [-0.39, 0.29) is 12.3 Å². The summed E-state index contributed by atoms with van der Waals surface area (Å²) in [5.74, 6) is -0.993. The second-order valence-corrected chi connectivity index (χ2v) is 7.72. The minimum absolute atomic E-state index is 0.230. The van der Waals surface area contributed by atoms with Gasteiger partial charge in [-0.25, -0.2) is 4.79 Å². The van der Waals surface area contributed by atoms with Gasteiger partial charge in [0.15, 0.2) is 4.87 Å². The predicted octanol–water partition coefficient (Wildman–Crippen LogP) is 4.03. The van der Waals surface area contributed by atoms with Gasteiger partial charge in [-0.15, -0.1) is 0 Å². The molecule has 0 spiro atoms. The van der Waals surface area contributed by atoms with Crippen molar-refractivity contribution in [2.45, 2.75) is 18.2 Å². The number of nitrogens with zero attached hydrogens (tertiary/aromatic N) is 1. The lowest BCUT2D eigenvalue weighted by atomic mass is 10.1. The van der Waals surface area contributed by atoms with Crippen molar-refractivity contribution in [2.75, 3.05) is 14.2 Å². The Bertz CT molecular complexity index is 910. The predicted molar refractivity (Wildman–Crippen MR) is 107 cm³/mol. The number of rotatable bonds is 5. The Morgan fingerprint density at radius 1 is 1.19 bits per heavy atom. The van der Waals surface area contributed by atoms with Crippen LogP contribution in [0.1, 0.15) is 27.9 Å². The van der Waals surface area contributed by atoms with Crippen molar-refractivity contribution < 1.29 is 19.4 Å². The Hall–Kier alpha value is -2.73. The number of hydrogen-bond acceptors (Lipinski definition) is 4. The first-order valence-electron chi connectivity index (χ1n) is 8.50. The number of thioether (sulfide) groups is 1. The first-order chi connectivity index (χ1) is 12.9. The van der Waals surface area contributed by atoms with E-state index in [4.69, 9.17) is 4.74 Å². The van der Waals surface area contributed by atoms with Crippen molar-refractivity contribution in [3.05, 3.63) is 71.3 Å². The van der Waals surface area contributed by atoms with Crippen LogP contribution < -0.4 is 4.74 Å². The molecular formula is C21H21NO4S. The quantitative estimate of drug-likeness (QED) is 0.844. The first-order valence-corrected chi connectivity index (χ1v) is 9.31. The number of aryl methyl sites for hydroxylation is 1. The fraction of sp³-hybridized carbons (Fsp3) is 0.238. The Morgan fingerprint density at radius 3 is 2.52 bits per heavy atom. The van der Waals surface area contributed by atoms with Crippen LogP contribution >= 0.6 is 11.8 Å². The van der Waals surface area contributed by atoms with Gasteiger partial charge in [0, 0.05) is 18.4 Å². The molecule has 0 saturated heterocycles. The molecule has 0 radical (unpaired) electrons. The lowest BCUT2D eigenvalue weighted by molar-refractivity contribution is -0.143. The zero-order valence-electron chi connectivity index (χ0n) is 15.4. The van der Waals surface area contributed by atoms with E-state index in [0.29, 0.717) is 11.3 Å². The van der Waals surface area contributed by atoms with Crippen molar-refractivity contribution in [3.63, 3.8) is 0 Å². The van der Waals surface area contributed by atoms with Crippen molar-refractivity contribution >= 4 is 28.5 Å². The fourth-order valence-electron chi connectivity index (χ4n) is 3.08. The van der Waals surface area contributed by atoms with Crippen LogP contribution in [0.25, 0.3) is 4.91 Å². The van der Waals surface area contributed by atoms with Crippen molar-refractivity contribution in [2.24, 2.45) is 0 Å². The molecule has 0 aliphatic carbocycles. The highest BCUT2D eigenvalue weighted by atomic mass is 32.2. The van der Waals surface area contributed by atoms with Gasteiger partial charge >= 0.3 is 5.97 Å². The maximum Gasteiger partial charge on any atom is 0.341 e. The van der Waals surface area contributed by atoms with E-state index in [1.54, 1.807) is 12.1 Å². The maximum atomic E-state index is 13.1. The molecular weight excluding hydrogens is 362 g/mol. The fourth-order valence-corrected chi connectivity index (χ4v) is 4.33. The smallest absolute Gasteiger partial charge is 0.341 e. The second-order valence-electron chi connectivity index (χ2n) is 6.40. The number of likely N-dealkylation sites (N-methyl/N-ethyl adjacent to an activating group) is 1. The number of carbonyl (C=O) groups is 2. The SMILES string of the molecule is COc1cc(C)ccc1C(=O)N(C)C1(C(=O)O)CC=C(c2ccccc2)S1. The molecule has 6 heteroatoms. The van der Waals surface area contributed by atoms with Crippen molar-refractivity contribution in [1.82, 2.24) is 4.90 Å². The third-order valence-electron chi connectivity index (χ3n) is 4.67. The van der Waals surface area contributed by atoms with Crippen LogP contribution in [0, 0.1) is 6.92 Å². The third kappa shape index (κ3) is 3.45. The summed E-state index contributed by atoms with van der Waals surface area (Å²) in [6, 6.07) is 14.8. The highest BCUT2D eigenvalue weighted by Gasteiger charge is 2.49. The minimum Gasteiger partial charge on any atom is -0.496 e. The van der Waals surface area contributed by atoms with Crippen LogP contribution in [-0.4, -0.2) is 40.9 Å². The highest BCUT2D eigenvalue weighted by molar-refractivity contribution is 8.10. The largest absolute Gasteiger partial charge is 0.496 e. The zero-order valence-corrected chi connectivity index (χ0v) is 16.2. The molecule has 0 aromatic heterocycles. The molecule has 3 rings (SSSR count). The number of benzene rings is 2. The van der Waals surface area contributed by atoms with Crippen LogP contribution in [-0.2, 0) is 4.79 Å². The topological polar surface area (TPSA) is 66.8 Å². The van der Waals surface area contributed by atoms with E-state index in [1.807, 2.05) is 49.4 Å². The number of methoxy groups -OCH3 is 1. The van der Waals surface area contributed by atoms with E-state index in [1.165, 1.54) is 30.8 Å². The van der Waals surface area contributed by atoms with Gasteiger partial charge in [-0.1, -0.05) is 54.2 Å². The van der Waals surface area contributed by atoms with E-state index in [2.05, 4.69) is 0 Å². The van der Waals surface area contributed by atoms with Gasteiger partial charge in [0.1, 0.15) is 5.75 Å². The number of hydrogen-bond donors (Lipinski definition) is 1. The van der Waals surface area contributed by atoms with Crippen LogP contribution in [0.4, 0.5) is 0 Å². The number of amides is 1. The number of carboxylic acids is 1. The highest BCUT2D eigenvalue weighted by Crippen LogP contribution is 2.49. The Morgan fingerprint density at radius 2 is 1.89 bits per heavy atom. The van der Waals surface area contributed by atoms with Gasteiger partial charge in [-0.2, -0.15) is 0 Å². The normalized spacial score (nSPS) is 18.7. The molecule has 0 saturated carbocycles. The third-order valence-corrected chi connectivity index (χ3v) is 6.24. The summed E-state index contributed by atoms with van der Waals surface area (Å²) in [4.78, 5) is 26.1. The molecule has 1 aliphatic rings. The van der Waals surface area contributed by atoms with E-state index >= 15 is 0 Å². The first kappa shape index (κ1) is 19.0. The van der Waals surface area contributed by atoms with Crippen LogP contribution in [0.15, 0.2) is 54.6 Å². The molecule has 0 bridgehead atoms. The molecule has 1 atom stereocenters. The van der Waals surface area contributed by atoms with E-state index in [9.17, 15) is 14.7 Å². The van der Waals surface area contributed by atoms with Crippen LogP contribution in [0.3, 0.4) is 0 Å². The summed E-state index contributed by atoms with van der Waals surface area (Å²) in [5.41, 5.74) is 2.25. The molecule has 140 valence electrons. The van der Waals surface area contributed by atoms with Gasteiger partial charge in [-0.05, 0) is 30.2 Å². The van der Waals surface area contributed by atoms with Gasteiger partial charge in [0.25, 0.3) is 5.91 Å². The molecule has 1 aliphatic heterocycles. The summed E-state index contributed by atoms with van der Waals surface area (Å²) in [6.07, 6.45) is 2.11.